The molecule has 0 radical (unpaired) electrons. The number of carbonyl (C=O) groups is 1. The summed E-state index contributed by atoms with van der Waals surface area (Å²) < 4.78 is 0. The number of nitrogens with one attached hydrogen (secondary N) is 2. The van der Waals surface area contributed by atoms with E-state index in [0.717, 1.165) is 37.2 Å². The first-order chi connectivity index (χ1) is 9.61. The molecule has 2 amide bonds. The van der Waals surface area contributed by atoms with Gasteiger partial charge in [-0.1, -0.05) is 17.7 Å². The fourth-order valence-electron chi connectivity index (χ4n) is 2.53. The van der Waals surface area contributed by atoms with Crippen LogP contribution in [0.15, 0.2) is 18.2 Å². The topological polar surface area (TPSA) is 44.4 Å². The highest BCUT2D eigenvalue weighted by atomic mass is 35.5. The SMILES string of the molecule is CCN(C(=O)Nc1ccc(C)c(Cl)c1)C1CCCNC1. The van der Waals surface area contributed by atoms with E-state index in [1.54, 1.807) is 6.07 Å². The van der Waals surface area contributed by atoms with Crippen molar-refractivity contribution in [2.75, 3.05) is 25.0 Å². The van der Waals surface area contributed by atoms with Crippen molar-refractivity contribution in [3.8, 4) is 0 Å². The number of anilines is 1. The molecule has 1 saturated heterocycles. The van der Waals surface area contributed by atoms with E-state index in [0.29, 0.717) is 11.6 Å². The van der Waals surface area contributed by atoms with Crippen LogP contribution in [0.3, 0.4) is 0 Å². The van der Waals surface area contributed by atoms with Gasteiger partial charge in [-0.15, -0.1) is 0 Å². The quantitative estimate of drug-likeness (QED) is 0.899. The van der Waals surface area contributed by atoms with Crippen molar-refractivity contribution in [1.82, 2.24) is 10.2 Å². The molecule has 0 aromatic heterocycles. The van der Waals surface area contributed by atoms with Crippen LogP contribution in [0.2, 0.25) is 5.02 Å². The molecule has 0 spiro atoms. The van der Waals surface area contributed by atoms with Crippen LogP contribution >= 0.6 is 11.6 Å². The van der Waals surface area contributed by atoms with Crippen LogP contribution in [0.1, 0.15) is 25.3 Å². The monoisotopic (exact) mass is 295 g/mol. The van der Waals surface area contributed by atoms with Crippen molar-refractivity contribution in [2.45, 2.75) is 32.7 Å². The smallest absolute Gasteiger partial charge is 0.321 e. The van der Waals surface area contributed by atoms with Gasteiger partial charge in [0.15, 0.2) is 0 Å². The summed E-state index contributed by atoms with van der Waals surface area (Å²) in [6, 6.07) is 5.81. The number of amides is 2. The van der Waals surface area contributed by atoms with E-state index in [1.165, 1.54) is 0 Å². The number of halogens is 1. The molecule has 0 aliphatic carbocycles. The van der Waals surface area contributed by atoms with Gasteiger partial charge in [-0.25, -0.2) is 4.79 Å². The summed E-state index contributed by atoms with van der Waals surface area (Å²) in [5.41, 5.74) is 1.75. The predicted octanol–water partition coefficient (Wildman–Crippen LogP) is 3.25. The van der Waals surface area contributed by atoms with E-state index in [2.05, 4.69) is 10.6 Å². The van der Waals surface area contributed by atoms with Crippen LogP contribution in [-0.4, -0.2) is 36.6 Å². The zero-order chi connectivity index (χ0) is 14.5. The Labute approximate surface area is 125 Å². The van der Waals surface area contributed by atoms with Crippen molar-refractivity contribution in [3.63, 3.8) is 0 Å². The van der Waals surface area contributed by atoms with Gasteiger partial charge in [0, 0.05) is 29.8 Å². The van der Waals surface area contributed by atoms with Crippen LogP contribution in [0.25, 0.3) is 0 Å². The predicted molar refractivity (Wildman–Crippen MR) is 83.5 cm³/mol. The van der Waals surface area contributed by atoms with Crippen LogP contribution < -0.4 is 10.6 Å². The first-order valence-electron chi connectivity index (χ1n) is 7.16. The van der Waals surface area contributed by atoms with E-state index < -0.39 is 0 Å². The first kappa shape index (κ1) is 15.1. The third kappa shape index (κ3) is 3.64. The maximum atomic E-state index is 12.4. The standard InChI is InChI=1S/C15H22ClN3O/c1-3-19(13-5-4-8-17-10-13)15(20)18-12-7-6-11(2)14(16)9-12/h6-7,9,13,17H,3-5,8,10H2,1-2H3,(H,18,20). The van der Waals surface area contributed by atoms with Crippen LogP contribution in [-0.2, 0) is 0 Å². The van der Waals surface area contributed by atoms with Crippen molar-refractivity contribution in [1.29, 1.82) is 0 Å². The van der Waals surface area contributed by atoms with Crippen molar-refractivity contribution < 1.29 is 4.79 Å². The minimum Gasteiger partial charge on any atom is -0.321 e. The second-order valence-electron chi connectivity index (χ2n) is 5.18. The molecule has 2 rings (SSSR count). The van der Waals surface area contributed by atoms with Crippen molar-refractivity contribution in [3.05, 3.63) is 28.8 Å². The Kier molecular flexibility index (Phi) is 5.26. The molecule has 110 valence electrons. The molecule has 1 aromatic rings. The van der Waals surface area contributed by atoms with Gasteiger partial charge in [0.25, 0.3) is 0 Å². The molecule has 1 heterocycles. The molecule has 1 aliphatic heterocycles. The van der Waals surface area contributed by atoms with Gasteiger partial charge in [-0.3, -0.25) is 0 Å². The summed E-state index contributed by atoms with van der Waals surface area (Å²) in [4.78, 5) is 14.3. The molecule has 1 aliphatic rings. The highest BCUT2D eigenvalue weighted by molar-refractivity contribution is 6.31. The van der Waals surface area contributed by atoms with Crippen LogP contribution in [0, 0.1) is 6.92 Å². The minimum absolute atomic E-state index is 0.0545. The van der Waals surface area contributed by atoms with Gasteiger partial charge in [-0.2, -0.15) is 0 Å². The van der Waals surface area contributed by atoms with Gasteiger partial charge in [0.05, 0.1) is 0 Å². The number of rotatable bonds is 3. The Balaban J connectivity index is 2.02. The summed E-state index contributed by atoms with van der Waals surface area (Å²) in [5.74, 6) is 0. The lowest BCUT2D eigenvalue weighted by Gasteiger charge is -2.34. The highest BCUT2D eigenvalue weighted by Crippen LogP contribution is 2.21. The third-order valence-corrected chi connectivity index (χ3v) is 4.14. The van der Waals surface area contributed by atoms with E-state index in [-0.39, 0.29) is 12.1 Å². The fraction of sp³-hybridized carbons (Fsp3) is 0.533. The zero-order valence-corrected chi connectivity index (χ0v) is 12.8. The number of urea groups is 1. The van der Waals surface area contributed by atoms with Crippen LogP contribution in [0.4, 0.5) is 10.5 Å². The Bertz CT molecular complexity index is 472. The normalized spacial score (nSPS) is 18.6. The average molecular weight is 296 g/mol. The largest absolute Gasteiger partial charge is 0.322 e. The van der Waals surface area contributed by atoms with Gasteiger partial charge < -0.3 is 15.5 Å². The molecular formula is C15H22ClN3O. The van der Waals surface area contributed by atoms with Crippen molar-refractivity contribution in [2.24, 2.45) is 0 Å². The lowest BCUT2D eigenvalue weighted by atomic mass is 10.1. The Morgan fingerprint density at radius 3 is 2.95 bits per heavy atom. The molecule has 1 fully saturated rings. The highest BCUT2D eigenvalue weighted by Gasteiger charge is 2.23. The minimum atomic E-state index is -0.0545. The molecule has 1 unspecified atom stereocenters. The van der Waals surface area contributed by atoms with Gasteiger partial charge in [-0.05, 0) is 50.9 Å². The summed E-state index contributed by atoms with van der Waals surface area (Å²) >= 11 is 6.08. The number of likely N-dealkylation sites (N-methyl/N-ethyl adjacent to an activating group) is 1. The molecule has 2 N–H and O–H groups in total. The lowest BCUT2D eigenvalue weighted by Crippen LogP contribution is -2.50. The van der Waals surface area contributed by atoms with E-state index in [9.17, 15) is 4.79 Å². The molecule has 5 heteroatoms. The Morgan fingerprint density at radius 2 is 2.35 bits per heavy atom. The van der Waals surface area contributed by atoms with E-state index in [4.69, 9.17) is 11.6 Å². The average Bonchev–Trinajstić information content (AvgIpc) is 2.45. The number of hydrogen-bond donors (Lipinski definition) is 2. The third-order valence-electron chi connectivity index (χ3n) is 3.74. The van der Waals surface area contributed by atoms with Gasteiger partial charge in [0.1, 0.15) is 0 Å². The molecule has 1 atom stereocenters. The molecule has 0 saturated carbocycles. The molecule has 20 heavy (non-hydrogen) atoms. The number of hydrogen-bond acceptors (Lipinski definition) is 2. The summed E-state index contributed by atoms with van der Waals surface area (Å²) in [5, 5.41) is 6.95. The fourth-order valence-corrected chi connectivity index (χ4v) is 2.71. The second kappa shape index (κ2) is 6.95. The summed E-state index contributed by atoms with van der Waals surface area (Å²) in [6.45, 7) is 6.58. The summed E-state index contributed by atoms with van der Waals surface area (Å²) in [6.07, 6.45) is 2.17. The molecule has 0 bridgehead atoms. The number of nitrogens with zero attached hydrogens (tertiary/aromatic N) is 1. The number of carbonyl (C=O) groups excluding carboxylic acids is 1. The first-order valence-corrected chi connectivity index (χ1v) is 7.54. The van der Waals surface area contributed by atoms with Gasteiger partial charge >= 0.3 is 6.03 Å². The second-order valence-corrected chi connectivity index (χ2v) is 5.59. The maximum Gasteiger partial charge on any atom is 0.322 e. The summed E-state index contributed by atoms with van der Waals surface area (Å²) in [7, 11) is 0. The Hall–Kier alpha value is -1.26. The Morgan fingerprint density at radius 1 is 1.55 bits per heavy atom. The molecule has 4 nitrogen and oxygen atoms in total. The van der Waals surface area contributed by atoms with Crippen molar-refractivity contribution >= 4 is 23.3 Å². The lowest BCUT2D eigenvalue weighted by molar-refractivity contribution is 0.177. The zero-order valence-electron chi connectivity index (χ0n) is 12.1. The molecular weight excluding hydrogens is 274 g/mol. The van der Waals surface area contributed by atoms with E-state index in [1.807, 2.05) is 30.9 Å². The number of aryl methyl sites for hydroxylation is 1. The number of benzene rings is 1. The molecule has 1 aromatic carbocycles. The maximum absolute atomic E-state index is 12.4. The van der Waals surface area contributed by atoms with E-state index >= 15 is 0 Å². The number of piperidine rings is 1. The van der Waals surface area contributed by atoms with Crippen LogP contribution in [0.5, 0.6) is 0 Å². The van der Waals surface area contributed by atoms with Gasteiger partial charge in [0.2, 0.25) is 0 Å².